The summed E-state index contributed by atoms with van der Waals surface area (Å²) in [5.74, 6) is 0.669. The Morgan fingerprint density at radius 2 is 1.50 bits per heavy atom. The van der Waals surface area contributed by atoms with Gasteiger partial charge in [0, 0.05) is 0 Å². The minimum atomic E-state index is -0.0698. The molecule has 0 unspecified atom stereocenters. The number of phenolic OH excluding ortho intramolecular Hbond substituents is 2. The Morgan fingerprint density at radius 1 is 1.00 bits per heavy atom. The van der Waals surface area contributed by atoms with Gasteiger partial charge in [-0.3, -0.25) is 0 Å². The number of nitrogens with one attached hydrogen (secondary N) is 2. The van der Waals surface area contributed by atoms with Crippen molar-refractivity contribution in [2.24, 2.45) is 0 Å². The molecule has 2 rings (SSSR count). The number of methoxy groups -OCH3 is 2. The molecule has 0 aliphatic heterocycles. The fraction of sp³-hybridized carbons (Fsp3) is 0.158. The monoisotopic (exact) mass is 399 g/mol. The Kier molecular flexibility index (Phi) is 6.96. The van der Waals surface area contributed by atoms with Crippen molar-refractivity contribution in [1.29, 1.82) is 0 Å². The third kappa shape index (κ3) is 4.31. The molecule has 1 radical (unpaired) electrons. The molecular formula is C19H20CoN2O4. The van der Waals surface area contributed by atoms with Crippen LogP contribution in [0.1, 0.15) is 11.1 Å². The van der Waals surface area contributed by atoms with Crippen molar-refractivity contribution in [2.45, 2.75) is 0 Å². The summed E-state index contributed by atoms with van der Waals surface area (Å²) < 4.78 is 12.9. The first kappa shape index (κ1) is 19.7. The van der Waals surface area contributed by atoms with Gasteiger partial charge in [-0.1, -0.05) is 0 Å². The molecule has 0 bridgehead atoms. The van der Waals surface area contributed by atoms with Crippen LogP contribution in [0, 0.1) is 0 Å². The number of para-hydroxylation sites is 2. The van der Waals surface area contributed by atoms with Crippen LogP contribution in [0.2, 0.25) is 0 Å². The summed E-state index contributed by atoms with van der Waals surface area (Å²) in [6.45, 7) is -0.0698. The second-order valence-corrected chi connectivity index (χ2v) is 5.54. The van der Waals surface area contributed by atoms with Crippen LogP contribution in [0.15, 0.2) is 47.7 Å². The molecule has 0 aromatic heterocycles. The van der Waals surface area contributed by atoms with Crippen molar-refractivity contribution in [2.75, 3.05) is 20.8 Å². The van der Waals surface area contributed by atoms with Crippen LogP contribution in [0.4, 0.5) is 0 Å². The molecule has 2 aromatic carbocycles. The summed E-state index contributed by atoms with van der Waals surface area (Å²) >= 11 is 4.16. The average Bonchev–Trinajstić information content (AvgIpc) is 2.66. The Labute approximate surface area is 160 Å². The molecule has 26 heavy (non-hydrogen) atoms. The van der Waals surface area contributed by atoms with Crippen molar-refractivity contribution in [1.82, 2.24) is 10.1 Å². The maximum absolute atomic E-state index is 10.2. The third-order valence-electron chi connectivity index (χ3n) is 3.76. The summed E-state index contributed by atoms with van der Waals surface area (Å²) in [5.41, 5.74) is 9.91. The molecule has 0 aliphatic carbocycles. The van der Waals surface area contributed by atoms with Crippen molar-refractivity contribution >= 4 is 12.2 Å². The topological polar surface area (TPSA) is 94.8 Å². The Bertz CT molecular complexity index is 765. The normalized spacial score (nSPS) is 12.0. The molecule has 6 nitrogen and oxygen atoms in total. The second kappa shape index (κ2) is 9.19. The van der Waals surface area contributed by atoms with E-state index in [1.807, 2.05) is 0 Å². The van der Waals surface area contributed by atoms with E-state index in [-0.39, 0.29) is 18.0 Å². The third-order valence-corrected chi connectivity index (χ3v) is 4.04. The molecule has 0 fully saturated rings. The fourth-order valence-corrected chi connectivity index (χ4v) is 2.62. The molecule has 139 valence electrons. The van der Waals surface area contributed by atoms with E-state index in [2.05, 4.69) is 20.3 Å². The van der Waals surface area contributed by atoms with E-state index < -0.39 is 0 Å². The van der Waals surface area contributed by atoms with Gasteiger partial charge in [-0.05, 0) is 0 Å². The van der Waals surface area contributed by atoms with E-state index in [1.165, 1.54) is 14.2 Å². The maximum atomic E-state index is 10.2. The van der Waals surface area contributed by atoms with Gasteiger partial charge in [0.2, 0.25) is 0 Å². The average molecular weight is 399 g/mol. The van der Waals surface area contributed by atoms with E-state index in [9.17, 15) is 10.2 Å². The van der Waals surface area contributed by atoms with Crippen LogP contribution in [0.3, 0.4) is 0 Å². The Hall–Kier alpha value is -2.61. The van der Waals surface area contributed by atoms with Gasteiger partial charge in [-0.2, -0.15) is 0 Å². The Morgan fingerprint density at radius 3 is 1.92 bits per heavy atom. The van der Waals surface area contributed by atoms with E-state index in [4.69, 9.17) is 15.2 Å². The number of phenols is 2. The zero-order chi connectivity index (χ0) is 19.1. The van der Waals surface area contributed by atoms with Crippen LogP contribution in [-0.4, -0.2) is 31.0 Å². The van der Waals surface area contributed by atoms with Crippen molar-refractivity contribution in [3.8, 4) is 23.0 Å². The summed E-state index contributed by atoms with van der Waals surface area (Å²) in [6, 6.07) is 10.2. The Balaban J connectivity index is 2.50. The molecule has 0 saturated carbocycles. The molecule has 0 atom stereocenters. The molecule has 4 N–H and O–H groups in total. The van der Waals surface area contributed by atoms with Crippen LogP contribution >= 0.6 is 0 Å². The van der Waals surface area contributed by atoms with Crippen LogP contribution in [-0.2, 0) is 16.0 Å². The summed E-state index contributed by atoms with van der Waals surface area (Å²) in [4.78, 5) is 0. The molecular weight excluding hydrogens is 379 g/mol. The van der Waals surface area contributed by atoms with Gasteiger partial charge < -0.3 is 0 Å². The van der Waals surface area contributed by atoms with E-state index in [0.29, 0.717) is 33.9 Å². The van der Waals surface area contributed by atoms with Crippen LogP contribution in [0.25, 0.3) is 12.2 Å². The summed E-state index contributed by atoms with van der Waals surface area (Å²) in [7, 11) is 2.94. The molecule has 0 amide bonds. The van der Waals surface area contributed by atoms with Gasteiger partial charge in [0.25, 0.3) is 0 Å². The summed E-state index contributed by atoms with van der Waals surface area (Å²) in [6.07, 6.45) is 3.32. The first-order valence-corrected chi connectivity index (χ1v) is 8.21. The molecule has 0 spiro atoms. The number of hydrogen-bond donors (Lipinski definition) is 3. The number of hydrogen-bond acceptors (Lipinski definition) is 5. The molecule has 7 heteroatoms. The van der Waals surface area contributed by atoms with E-state index in [1.54, 1.807) is 48.6 Å². The number of benzene rings is 2. The van der Waals surface area contributed by atoms with Gasteiger partial charge in [-0.15, -0.1) is 0 Å². The molecule has 0 aliphatic rings. The number of aromatic hydroxyl groups is 2. The van der Waals surface area contributed by atoms with Gasteiger partial charge in [-0.25, -0.2) is 0 Å². The van der Waals surface area contributed by atoms with Gasteiger partial charge >= 0.3 is 160 Å². The van der Waals surface area contributed by atoms with Crippen LogP contribution in [0.5, 0.6) is 23.0 Å². The van der Waals surface area contributed by atoms with Gasteiger partial charge in [0.1, 0.15) is 0 Å². The van der Waals surface area contributed by atoms with Crippen molar-refractivity contribution < 1.29 is 35.6 Å². The molecule has 2 aromatic rings. The molecule has 0 heterocycles. The summed E-state index contributed by atoms with van der Waals surface area (Å²) in [5, 5.41) is 20.5. The standard InChI is InChI=1S/C19H20N2O4.Co/c1-24-16-7-3-5-12(18(16)22)9-14(11-20)15(21)10-13-6-4-8-17(25-2)19(13)23;/h3-10,20-23H,11H2,1-2H3;/q-1;+1. The van der Waals surface area contributed by atoms with E-state index in [0.717, 1.165) is 0 Å². The first-order valence-electron chi connectivity index (χ1n) is 7.69. The molecule has 0 saturated heterocycles. The second-order valence-electron chi connectivity index (χ2n) is 5.28. The van der Waals surface area contributed by atoms with E-state index >= 15 is 0 Å². The minimum absolute atomic E-state index is 0.0104. The predicted octanol–water partition coefficient (Wildman–Crippen LogP) is 2.87. The number of rotatable bonds is 7. The van der Waals surface area contributed by atoms with Crippen molar-refractivity contribution in [3.05, 3.63) is 58.8 Å². The van der Waals surface area contributed by atoms with Gasteiger partial charge in [0.15, 0.2) is 0 Å². The SMILES string of the molecule is COc1cccc(C=C(C[NH])C(=Cc2cccc(OC)c2O)[NH][Co])c1O. The predicted molar refractivity (Wildman–Crippen MR) is 96.4 cm³/mol. The quantitative estimate of drug-likeness (QED) is 0.623. The number of ether oxygens (including phenoxy) is 2. The van der Waals surface area contributed by atoms with Crippen molar-refractivity contribution in [3.63, 3.8) is 0 Å². The first-order chi connectivity index (χ1) is 12.5. The zero-order valence-electron chi connectivity index (χ0n) is 14.4. The fourth-order valence-electron chi connectivity index (χ4n) is 2.38. The van der Waals surface area contributed by atoms with Crippen LogP contribution < -0.4 is 19.6 Å². The van der Waals surface area contributed by atoms with Gasteiger partial charge in [0.05, 0.1) is 0 Å². The zero-order valence-corrected chi connectivity index (χ0v) is 15.4.